The van der Waals surface area contributed by atoms with Gasteiger partial charge in [0, 0.05) is 0 Å². The molecule has 1 aromatic rings. The number of hydrogen-bond donors (Lipinski definition) is 0. The van der Waals surface area contributed by atoms with E-state index in [1.54, 1.807) is 6.08 Å². The molecule has 0 aromatic heterocycles. The van der Waals surface area contributed by atoms with Crippen molar-refractivity contribution in [2.45, 2.75) is 57.8 Å². The van der Waals surface area contributed by atoms with Crippen molar-refractivity contribution in [3.8, 4) is 0 Å². The molecule has 1 aromatic carbocycles. The smallest absolute Gasteiger partial charge is 0.211 e. The topological polar surface area (TPSA) is 29.4 Å². The SMILES string of the molecule is O=C=NCCCCCCCCCCc1[c]cccc1. The number of aryl methyl sites for hydroxylation is 1. The minimum absolute atomic E-state index is 0.650. The number of carbonyl (C=O) groups excluding carboxylic acids is 1. The van der Waals surface area contributed by atoms with Gasteiger partial charge in [0.1, 0.15) is 0 Å². The number of aliphatic imine (C=N–C) groups is 1. The summed E-state index contributed by atoms with van der Waals surface area (Å²) < 4.78 is 0. The zero-order chi connectivity index (χ0) is 13.6. The van der Waals surface area contributed by atoms with Gasteiger partial charge in [-0.15, -0.1) is 0 Å². The molecule has 2 heteroatoms. The van der Waals surface area contributed by atoms with Crippen LogP contribution < -0.4 is 0 Å². The van der Waals surface area contributed by atoms with E-state index in [9.17, 15) is 4.79 Å². The van der Waals surface area contributed by atoms with Gasteiger partial charge < -0.3 is 0 Å². The molecule has 0 heterocycles. The first kappa shape index (κ1) is 15.7. The molecule has 0 fully saturated rings. The normalized spacial score (nSPS) is 10.1. The Labute approximate surface area is 117 Å². The molecule has 0 aliphatic heterocycles. The second-order valence-electron chi connectivity index (χ2n) is 4.94. The molecule has 1 radical (unpaired) electrons. The first-order chi connectivity index (χ1) is 9.43. The van der Waals surface area contributed by atoms with Crippen LogP contribution in [0.1, 0.15) is 56.9 Å². The van der Waals surface area contributed by atoms with Crippen LogP contribution in [0.15, 0.2) is 29.3 Å². The van der Waals surface area contributed by atoms with Crippen molar-refractivity contribution in [2.75, 3.05) is 6.54 Å². The van der Waals surface area contributed by atoms with Crippen molar-refractivity contribution >= 4 is 6.08 Å². The summed E-state index contributed by atoms with van der Waals surface area (Å²) in [5.74, 6) is 0. The third-order valence-corrected chi connectivity index (χ3v) is 3.30. The fourth-order valence-electron chi connectivity index (χ4n) is 2.20. The Morgan fingerprint density at radius 1 is 0.947 bits per heavy atom. The fraction of sp³-hybridized carbons (Fsp3) is 0.588. The van der Waals surface area contributed by atoms with Crippen molar-refractivity contribution in [1.29, 1.82) is 0 Å². The second-order valence-corrected chi connectivity index (χ2v) is 4.94. The number of nitrogens with zero attached hydrogens (tertiary/aromatic N) is 1. The first-order valence-corrected chi connectivity index (χ1v) is 7.42. The maximum Gasteiger partial charge on any atom is 0.234 e. The van der Waals surface area contributed by atoms with Crippen LogP contribution in [0.2, 0.25) is 0 Å². The summed E-state index contributed by atoms with van der Waals surface area (Å²) in [4.78, 5) is 13.4. The summed E-state index contributed by atoms with van der Waals surface area (Å²) in [6.45, 7) is 0.650. The van der Waals surface area contributed by atoms with E-state index in [2.05, 4.69) is 23.2 Å². The monoisotopic (exact) mass is 258 g/mol. The second kappa shape index (κ2) is 11.7. The molecule has 0 saturated carbocycles. The number of unbranched alkanes of at least 4 members (excludes halogenated alkanes) is 7. The molecule has 103 valence electrons. The molecule has 0 aliphatic carbocycles. The van der Waals surface area contributed by atoms with Crippen molar-refractivity contribution in [3.05, 3.63) is 35.9 Å². The molecule has 0 amide bonds. The van der Waals surface area contributed by atoms with E-state index in [-0.39, 0.29) is 0 Å². The quantitative estimate of drug-likeness (QED) is 0.327. The van der Waals surface area contributed by atoms with E-state index in [1.165, 1.54) is 50.5 Å². The maximum absolute atomic E-state index is 9.85. The Morgan fingerprint density at radius 3 is 2.26 bits per heavy atom. The van der Waals surface area contributed by atoms with Crippen molar-refractivity contribution < 1.29 is 4.79 Å². The van der Waals surface area contributed by atoms with Crippen LogP contribution in [0, 0.1) is 6.07 Å². The fourth-order valence-corrected chi connectivity index (χ4v) is 2.20. The Morgan fingerprint density at radius 2 is 1.63 bits per heavy atom. The highest BCUT2D eigenvalue weighted by Crippen LogP contribution is 2.11. The van der Waals surface area contributed by atoms with Crippen LogP contribution >= 0.6 is 0 Å². The third-order valence-electron chi connectivity index (χ3n) is 3.30. The molecular weight excluding hydrogens is 234 g/mol. The standard InChI is InChI=1S/C17H24NO/c19-16-18-15-11-6-4-2-1-3-5-8-12-17-13-9-7-10-14-17/h7,9-10,13H,1-6,8,11-12,15H2. The van der Waals surface area contributed by atoms with Crippen LogP contribution in [-0.4, -0.2) is 12.6 Å². The molecule has 1 rings (SSSR count). The number of benzene rings is 1. The lowest BCUT2D eigenvalue weighted by atomic mass is 10.0. The lowest BCUT2D eigenvalue weighted by Crippen LogP contribution is -1.86. The summed E-state index contributed by atoms with van der Waals surface area (Å²) in [7, 11) is 0. The molecule has 0 bridgehead atoms. The van der Waals surface area contributed by atoms with Gasteiger partial charge in [-0.1, -0.05) is 62.8 Å². The van der Waals surface area contributed by atoms with Crippen LogP contribution in [0.3, 0.4) is 0 Å². The molecular formula is C17H24NO. The summed E-state index contributed by atoms with van der Waals surface area (Å²) in [6, 6.07) is 11.5. The van der Waals surface area contributed by atoms with E-state index < -0.39 is 0 Å². The summed E-state index contributed by atoms with van der Waals surface area (Å²) in [5.41, 5.74) is 1.33. The molecule has 0 spiro atoms. The maximum atomic E-state index is 9.85. The number of rotatable bonds is 11. The number of hydrogen-bond acceptors (Lipinski definition) is 2. The molecule has 0 atom stereocenters. The molecule has 2 nitrogen and oxygen atoms in total. The van der Waals surface area contributed by atoms with Gasteiger partial charge in [-0.2, -0.15) is 0 Å². The van der Waals surface area contributed by atoms with Gasteiger partial charge in [0.25, 0.3) is 0 Å². The minimum Gasteiger partial charge on any atom is -0.211 e. The van der Waals surface area contributed by atoms with Gasteiger partial charge in [0.15, 0.2) is 0 Å². The molecule has 19 heavy (non-hydrogen) atoms. The predicted octanol–water partition coefficient (Wildman–Crippen LogP) is 4.49. The van der Waals surface area contributed by atoms with E-state index in [4.69, 9.17) is 0 Å². The number of isocyanates is 1. The lowest BCUT2D eigenvalue weighted by Gasteiger charge is -2.02. The van der Waals surface area contributed by atoms with E-state index >= 15 is 0 Å². The van der Waals surface area contributed by atoms with Crippen LogP contribution in [0.4, 0.5) is 0 Å². The highest BCUT2D eigenvalue weighted by molar-refractivity contribution is 5.32. The Kier molecular flexibility index (Phi) is 9.62. The highest BCUT2D eigenvalue weighted by atomic mass is 16.1. The zero-order valence-corrected chi connectivity index (χ0v) is 11.7. The van der Waals surface area contributed by atoms with Gasteiger partial charge in [0.05, 0.1) is 6.54 Å². The Balaban J connectivity index is 1.82. The van der Waals surface area contributed by atoms with Gasteiger partial charge >= 0.3 is 0 Å². The van der Waals surface area contributed by atoms with Gasteiger partial charge in [-0.25, -0.2) is 9.79 Å². The molecule has 0 saturated heterocycles. The van der Waals surface area contributed by atoms with Crippen LogP contribution in [0.5, 0.6) is 0 Å². The largest absolute Gasteiger partial charge is 0.234 e. The van der Waals surface area contributed by atoms with E-state index in [0.29, 0.717) is 6.54 Å². The van der Waals surface area contributed by atoms with Crippen molar-refractivity contribution in [1.82, 2.24) is 0 Å². The highest BCUT2D eigenvalue weighted by Gasteiger charge is 1.94. The predicted molar refractivity (Wildman–Crippen MR) is 78.9 cm³/mol. The average Bonchev–Trinajstić information content (AvgIpc) is 2.46. The lowest BCUT2D eigenvalue weighted by molar-refractivity contribution is 0.556. The Bertz CT molecular complexity index is 355. The van der Waals surface area contributed by atoms with Crippen LogP contribution in [0.25, 0.3) is 0 Å². The van der Waals surface area contributed by atoms with Crippen molar-refractivity contribution in [2.24, 2.45) is 4.99 Å². The Hall–Kier alpha value is -1.40. The minimum atomic E-state index is 0.650. The zero-order valence-electron chi connectivity index (χ0n) is 11.7. The van der Waals surface area contributed by atoms with Gasteiger partial charge in [-0.05, 0) is 30.9 Å². The van der Waals surface area contributed by atoms with Gasteiger partial charge in [-0.3, -0.25) is 0 Å². The van der Waals surface area contributed by atoms with Gasteiger partial charge in [0.2, 0.25) is 6.08 Å². The summed E-state index contributed by atoms with van der Waals surface area (Å²) in [6.07, 6.45) is 12.8. The average molecular weight is 258 g/mol. The molecule has 0 aliphatic rings. The van der Waals surface area contributed by atoms with Crippen molar-refractivity contribution in [3.63, 3.8) is 0 Å². The van der Waals surface area contributed by atoms with E-state index in [0.717, 1.165) is 12.8 Å². The first-order valence-electron chi connectivity index (χ1n) is 7.42. The summed E-state index contributed by atoms with van der Waals surface area (Å²) >= 11 is 0. The van der Waals surface area contributed by atoms with E-state index in [1.807, 2.05) is 12.1 Å². The van der Waals surface area contributed by atoms with Crippen LogP contribution in [-0.2, 0) is 11.2 Å². The molecule has 0 unspecified atom stereocenters. The molecule has 0 N–H and O–H groups in total. The summed E-state index contributed by atoms with van der Waals surface area (Å²) in [5, 5.41) is 0. The third kappa shape index (κ3) is 9.21.